The Labute approximate surface area is 124 Å². The van der Waals surface area contributed by atoms with E-state index in [1.54, 1.807) is 0 Å². The van der Waals surface area contributed by atoms with Gasteiger partial charge in [0.05, 0.1) is 13.2 Å². The van der Waals surface area contributed by atoms with Crippen molar-refractivity contribution in [2.45, 2.75) is 36.9 Å². The van der Waals surface area contributed by atoms with Gasteiger partial charge in [0.2, 0.25) is 0 Å². The Morgan fingerprint density at radius 2 is 1.86 bits per heavy atom. The first kappa shape index (κ1) is 16.4. The molecule has 1 saturated heterocycles. The number of aliphatic hydroxyl groups is 4. The molecule has 0 bridgehead atoms. The summed E-state index contributed by atoms with van der Waals surface area (Å²) in [5.74, 6) is 0. The monoisotopic (exact) mass is 297 g/mol. The van der Waals surface area contributed by atoms with Gasteiger partial charge in [-0.3, -0.25) is 5.32 Å². The maximum absolute atomic E-state index is 10.0. The predicted molar refractivity (Wildman–Crippen MR) is 76.6 cm³/mol. The Balaban J connectivity index is 1.85. The van der Waals surface area contributed by atoms with Crippen LogP contribution in [0.25, 0.3) is 0 Å². The number of hydrogen-bond donors (Lipinski definition) is 5. The molecule has 0 aliphatic carbocycles. The lowest BCUT2D eigenvalue weighted by Gasteiger charge is -2.31. The largest absolute Gasteiger partial charge is 0.394 e. The Bertz CT molecular complexity index is 429. The van der Waals surface area contributed by atoms with Crippen molar-refractivity contribution in [2.75, 3.05) is 19.8 Å². The second-order valence-corrected chi connectivity index (χ2v) is 5.34. The summed E-state index contributed by atoms with van der Waals surface area (Å²) < 4.78 is 5.41. The van der Waals surface area contributed by atoms with Crippen molar-refractivity contribution < 1.29 is 25.2 Å². The number of aliphatic hydroxyl groups excluding tert-OH is 4. The highest BCUT2D eigenvalue weighted by Gasteiger charge is 2.53. The molecule has 1 unspecified atom stereocenters. The number of rotatable bonds is 7. The van der Waals surface area contributed by atoms with Gasteiger partial charge in [0, 0.05) is 0 Å². The van der Waals surface area contributed by atoms with E-state index in [-0.39, 0.29) is 0 Å². The molecular formula is C15H23NO5. The molecule has 1 heterocycles. The first-order valence-corrected chi connectivity index (χ1v) is 7.17. The summed E-state index contributed by atoms with van der Waals surface area (Å²) in [5, 5.41) is 41.3. The summed E-state index contributed by atoms with van der Waals surface area (Å²) in [6.45, 7) is -0.379. The van der Waals surface area contributed by atoms with Gasteiger partial charge in [-0.15, -0.1) is 0 Å². The Morgan fingerprint density at radius 3 is 2.43 bits per heavy atom. The quantitative estimate of drug-likeness (QED) is 0.414. The van der Waals surface area contributed by atoms with E-state index in [9.17, 15) is 15.3 Å². The summed E-state index contributed by atoms with van der Waals surface area (Å²) in [7, 11) is 0. The van der Waals surface area contributed by atoms with E-state index >= 15 is 0 Å². The van der Waals surface area contributed by atoms with Crippen LogP contribution in [0.5, 0.6) is 0 Å². The number of aryl methyl sites for hydroxylation is 1. The molecule has 6 heteroatoms. The minimum atomic E-state index is -1.41. The minimum absolute atomic E-state index is 0.411. The fraction of sp³-hybridized carbons (Fsp3) is 0.600. The molecule has 0 saturated carbocycles. The van der Waals surface area contributed by atoms with E-state index < -0.39 is 37.3 Å². The molecule has 1 aromatic carbocycles. The smallest absolute Gasteiger partial charge is 0.171 e. The van der Waals surface area contributed by atoms with Crippen LogP contribution in [-0.4, -0.2) is 64.2 Å². The number of nitrogens with one attached hydrogen (secondary N) is 1. The molecule has 1 aliphatic heterocycles. The molecule has 1 aromatic rings. The van der Waals surface area contributed by atoms with E-state index in [4.69, 9.17) is 9.84 Å². The highest BCUT2D eigenvalue weighted by atomic mass is 16.6. The highest BCUT2D eigenvalue weighted by molar-refractivity contribution is 5.14. The van der Waals surface area contributed by atoms with Crippen molar-refractivity contribution in [3.63, 3.8) is 0 Å². The average molecular weight is 297 g/mol. The van der Waals surface area contributed by atoms with Crippen LogP contribution in [0.15, 0.2) is 30.3 Å². The SMILES string of the molecule is OC[C@H]1OC(CO)(NCCCc2ccccc2)[C@@H](O)[C@@H]1O. The van der Waals surface area contributed by atoms with Crippen molar-refractivity contribution in [2.24, 2.45) is 0 Å². The fourth-order valence-corrected chi connectivity index (χ4v) is 2.60. The Morgan fingerprint density at radius 1 is 1.14 bits per heavy atom. The Hall–Kier alpha value is -1.02. The molecule has 4 atom stereocenters. The van der Waals surface area contributed by atoms with Crippen LogP contribution >= 0.6 is 0 Å². The summed E-state index contributed by atoms with van der Waals surface area (Å²) >= 11 is 0. The second kappa shape index (κ2) is 7.31. The lowest BCUT2D eigenvalue weighted by Crippen LogP contribution is -2.57. The summed E-state index contributed by atoms with van der Waals surface area (Å²) in [6, 6.07) is 9.98. The molecule has 118 valence electrons. The highest BCUT2D eigenvalue weighted by Crippen LogP contribution is 2.28. The first-order chi connectivity index (χ1) is 10.1. The molecule has 6 nitrogen and oxygen atoms in total. The van der Waals surface area contributed by atoms with E-state index in [2.05, 4.69) is 5.32 Å². The fourth-order valence-electron chi connectivity index (χ4n) is 2.60. The second-order valence-electron chi connectivity index (χ2n) is 5.34. The minimum Gasteiger partial charge on any atom is -0.394 e. The van der Waals surface area contributed by atoms with Crippen molar-refractivity contribution in [3.8, 4) is 0 Å². The van der Waals surface area contributed by atoms with Crippen LogP contribution in [0.4, 0.5) is 0 Å². The number of hydrogen-bond acceptors (Lipinski definition) is 6. The van der Waals surface area contributed by atoms with Crippen molar-refractivity contribution in [1.82, 2.24) is 5.32 Å². The van der Waals surface area contributed by atoms with E-state index in [1.165, 1.54) is 5.56 Å². The lowest BCUT2D eigenvalue weighted by atomic mass is 10.0. The van der Waals surface area contributed by atoms with Gasteiger partial charge in [0.25, 0.3) is 0 Å². The third kappa shape index (κ3) is 3.60. The topological polar surface area (TPSA) is 102 Å². The molecule has 5 N–H and O–H groups in total. The van der Waals surface area contributed by atoms with Crippen molar-refractivity contribution in [1.29, 1.82) is 0 Å². The molecule has 0 radical (unpaired) electrons. The molecule has 0 amide bonds. The van der Waals surface area contributed by atoms with Gasteiger partial charge < -0.3 is 25.2 Å². The summed E-state index contributed by atoms with van der Waals surface area (Å²) in [5.41, 5.74) is -0.206. The van der Waals surface area contributed by atoms with Gasteiger partial charge in [-0.05, 0) is 24.9 Å². The molecule has 1 aliphatic rings. The van der Waals surface area contributed by atoms with Crippen LogP contribution in [0, 0.1) is 0 Å². The van der Waals surface area contributed by atoms with Gasteiger partial charge in [0.1, 0.15) is 18.3 Å². The third-order valence-corrected chi connectivity index (χ3v) is 3.87. The summed E-state index contributed by atoms with van der Waals surface area (Å²) in [4.78, 5) is 0. The van der Waals surface area contributed by atoms with Crippen molar-refractivity contribution >= 4 is 0 Å². The molecule has 1 fully saturated rings. The van der Waals surface area contributed by atoms with Crippen LogP contribution in [0.1, 0.15) is 12.0 Å². The van der Waals surface area contributed by atoms with Crippen LogP contribution in [0.2, 0.25) is 0 Å². The summed E-state index contributed by atoms with van der Waals surface area (Å²) in [6.07, 6.45) is -1.74. The maximum atomic E-state index is 10.0. The van der Waals surface area contributed by atoms with Crippen LogP contribution in [0.3, 0.4) is 0 Å². The lowest BCUT2D eigenvalue weighted by molar-refractivity contribution is -0.138. The van der Waals surface area contributed by atoms with E-state index in [1.807, 2.05) is 30.3 Å². The first-order valence-electron chi connectivity index (χ1n) is 7.17. The van der Waals surface area contributed by atoms with Gasteiger partial charge in [-0.1, -0.05) is 30.3 Å². The molecule has 21 heavy (non-hydrogen) atoms. The zero-order valence-electron chi connectivity index (χ0n) is 11.9. The van der Waals surface area contributed by atoms with Gasteiger partial charge in [-0.2, -0.15) is 0 Å². The van der Waals surface area contributed by atoms with Gasteiger partial charge >= 0.3 is 0 Å². The third-order valence-electron chi connectivity index (χ3n) is 3.87. The maximum Gasteiger partial charge on any atom is 0.171 e. The standard InChI is InChI=1S/C15H23NO5/c17-9-12-13(19)14(20)15(10-18,21-12)16-8-4-7-11-5-2-1-3-6-11/h1-3,5-6,12-14,16-20H,4,7-10H2/t12-,13-,14+,15?/m1/s1. The zero-order chi connectivity index (χ0) is 15.3. The predicted octanol–water partition coefficient (Wildman–Crippen LogP) is -0.990. The molecule has 2 rings (SSSR count). The zero-order valence-corrected chi connectivity index (χ0v) is 11.9. The molecular weight excluding hydrogens is 274 g/mol. The van der Waals surface area contributed by atoms with Crippen molar-refractivity contribution in [3.05, 3.63) is 35.9 Å². The Kier molecular flexibility index (Phi) is 5.69. The number of benzene rings is 1. The number of ether oxygens (including phenoxy) is 1. The van der Waals surface area contributed by atoms with Crippen LogP contribution < -0.4 is 5.32 Å². The average Bonchev–Trinajstić information content (AvgIpc) is 2.78. The van der Waals surface area contributed by atoms with Gasteiger partial charge in [-0.25, -0.2) is 0 Å². The van der Waals surface area contributed by atoms with Crippen LogP contribution in [-0.2, 0) is 11.2 Å². The molecule has 0 aromatic heterocycles. The van der Waals surface area contributed by atoms with Gasteiger partial charge in [0.15, 0.2) is 5.72 Å². The van der Waals surface area contributed by atoms with E-state index in [0.717, 1.165) is 12.8 Å². The van der Waals surface area contributed by atoms with E-state index in [0.29, 0.717) is 6.54 Å². The normalized spacial score (nSPS) is 32.5. The molecule has 0 spiro atoms.